The van der Waals surface area contributed by atoms with Crippen LogP contribution in [0.25, 0.3) is 0 Å². The minimum absolute atomic E-state index is 0.242. The maximum absolute atomic E-state index is 13.1. The Hall–Kier alpha value is -4.28. The Bertz CT molecular complexity index is 1110. The molecule has 0 saturated carbocycles. The van der Waals surface area contributed by atoms with Crippen molar-refractivity contribution in [1.29, 1.82) is 0 Å². The van der Waals surface area contributed by atoms with E-state index < -0.39 is 29.8 Å². The number of carbonyl (C=O) groups is 4. The predicted molar refractivity (Wildman–Crippen MR) is 139 cm³/mol. The van der Waals surface area contributed by atoms with Crippen molar-refractivity contribution in [3.8, 4) is 17.2 Å². The number of nitrogens with one attached hydrogen (secondary N) is 4. The van der Waals surface area contributed by atoms with Gasteiger partial charge in [0.2, 0.25) is 17.7 Å². The largest absolute Gasteiger partial charge is 0.497 e. The highest BCUT2D eigenvalue weighted by molar-refractivity contribution is 6.01. The van der Waals surface area contributed by atoms with Gasteiger partial charge in [-0.1, -0.05) is 12.1 Å². The first-order valence-corrected chi connectivity index (χ1v) is 12.5. The molecule has 0 fully saturated rings. The summed E-state index contributed by atoms with van der Waals surface area (Å²) in [6, 6.07) is 11.8. The normalized spacial score (nSPS) is 18.7. The Morgan fingerprint density at radius 1 is 1.05 bits per heavy atom. The standard InChI is InChI=1S/C27H34N4O7/c1-18-25(33)28-13-6-16-38-23-8-4-3-7-21(23)26(34)31-22(17-24(32)30-18)27(35)29-14-5-15-37-20-11-9-19(36-2)10-12-20/h3-4,7-12,18,22H,5-6,13-17H2,1-2H3,(H,28,33)(H,29,35)(H,30,32)(H,31,34)/t18-,22-/m0/s1. The lowest BCUT2D eigenvalue weighted by atomic mass is 10.1. The van der Waals surface area contributed by atoms with Crippen molar-refractivity contribution in [3.05, 3.63) is 54.1 Å². The van der Waals surface area contributed by atoms with Crippen LogP contribution in [0.15, 0.2) is 48.5 Å². The lowest BCUT2D eigenvalue weighted by Crippen LogP contribution is -2.51. The minimum atomic E-state index is -1.17. The summed E-state index contributed by atoms with van der Waals surface area (Å²) in [5, 5.41) is 10.7. The molecule has 3 rings (SSSR count). The van der Waals surface area contributed by atoms with Gasteiger partial charge in [0, 0.05) is 13.1 Å². The van der Waals surface area contributed by atoms with E-state index in [-0.39, 0.29) is 31.0 Å². The third-order valence-electron chi connectivity index (χ3n) is 5.74. The summed E-state index contributed by atoms with van der Waals surface area (Å²) < 4.78 is 16.5. The molecule has 1 aliphatic heterocycles. The fraction of sp³-hybridized carbons (Fsp3) is 0.407. The fourth-order valence-electron chi connectivity index (χ4n) is 3.66. The summed E-state index contributed by atoms with van der Waals surface area (Å²) >= 11 is 0. The molecule has 11 heteroatoms. The Morgan fingerprint density at radius 2 is 1.79 bits per heavy atom. The zero-order valence-electron chi connectivity index (χ0n) is 21.6. The highest BCUT2D eigenvalue weighted by atomic mass is 16.5. The first kappa shape index (κ1) is 28.3. The van der Waals surface area contributed by atoms with Gasteiger partial charge in [-0.05, 0) is 56.2 Å². The van der Waals surface area contributed by atoms with Crippen molar-refractivity contribution in [1.82, 2.24) is 21.3 Å². The lowest BCUT2D eigenvalue weighted by molar-refractivity contribution is -0.130. The molecule has 204 valence electrons. The predicted octanol–water partition coefficient (Wildman–Crippen LogP) is 1.17. The molecule has 0 unspecified atom stereocenters. The maximum Gasteiger partial charge on any atom is 0.255 e. The molecule has 1 heterocycles. The molecule has 0 bridgehead atoms. The van der Waals surface area contributed by atoms with Crippen molar-refractivity contribution >= 4 is 23.6 Å². The van der Waals surface area contributed by atoms with E-state index in [2.05, 4.69) is 21.3 Å². The van der Waals surface area contributed by atoms with Crippen LogP contribution in [0.5, 0.6) is 17.2 Å². The smallest absolute Gasteiger partial charge is 0.255 e. The van der Waals surface area contributed by atoms with E-state index in [4.69, 9.17) is 14.2 Å². The lowest BCUT2D eigenvalue weighted by Gasteiger charge is -2.20. The zero-order valence-corrected chi connectivity index (χ0v) is 21.6. The van der Waals surface area contributed by atoms with Gasteiger partial charge in [0.15, 0.2) is 0 Å². The quantitative estimate of drug-likeness (QED) is 0.397. The Morgan fingerprint density at radius 3 is 2.55 bits per heavy atom. The molecule has 1 aliphatic rings. The monoisotopic (exact) mass is 526 g/mol. The number of hydrogen-bond donors (Lipinski definition) is 4. The van der Waals surface area contributed by atoms with Gasteiger partial charge < -0.3 is 35.5 Å². The topological polar surface area (TPSA) is 144 Å². The van der Waals surface area contributed by atoms with Gasteiger partial charge >= 0.3 is 0 Å². The molecule has 0 spiro atoms. The van der Waals surface area contributed by atoms with Gasteiger partial charge in [0.05, 0.1) is 32.3 Å². The first-order valence-electron chi connectivity index (χ1n) is 12.5. The molecule has 2 aromatic carbocycles. The SMILES string of the molecule is COc1ccc(OCCCNC(=O)[C@@H]2CC(=O)N[C@@H](C)C(=O)NCCCOc3ccccc3C(=O)N2)cc1. The summed E-state index contributed by atoms with van der Waals surface area (Å²) in [5.41, 5.74) is 0.242. The van der Waals surface area contributed by atoms with E-state index >= 15 is 0 Å². The second-order valence-corrected chi connectivity index (χ2v) is 8.68. The van der Waals surface area contributed by atoms with Gasteiger partial charge in [0.25, 0.3) is 5.91 Å². The van der Waals surface area contributed by atoms with Gasteiger partial charge in [-0.15, -0.1) is 0 Å². The number of fused-ring (bicyclic) bond motifs is 1. The third kappa shape index (κ3) is 8.68. The molecule has 4 N–H and O–H groups in total. The summed E-state index contributed by atoms with van der Waals surface area (Å²) in [6.07, 6.45) is 0.661. The van der Waals surface area contributed by atoms with E-state index in [0.717, 1.165) is 5.75 Å². The van der Waals surface area contributed by atoms with Crippen molar-refractivity contribution in [2.24, 2.45) is 0 Å². The van der Waals surface area contributed by atoms with E-state index in [1.54, 1.807) is 62.6 Å². The maximum atomic E-state index is 13.1. The average Bonchev–Trinajstić information content (AvgIpc) is 2.92. The summed E-state index contributed by atoms with van der Waals surface area (Å²) in [4.78, 5) is 51.0. The van der Waals surface area contributed by atoms with Crippen LogP contribution in [0.1, 0.15) is 36.5 Å². The Labute approximate surface area is 221 Å². The number of amides is 4. The molecular formula is C27H34N4O7. The molecular weight excluding hydrogens is 492 g/mol. The molecule has 0 saturated heterocycles. The molecule has 2 atom stereocenters. The van der Waals surface area contributed by atoms with Crippen molar-refractivity contribution < 1.29 is 33.4 Å². The molecule has 0 radical (unpaired) electrons. The molecule has 0 aliphatic carbocycles. The first-order chi connectivity index (χ1) is 18.4. The van der Waals surface area contributed by atoms with Crippen LogP contribution < -0.4 is 35.5 Å². The Kier molecular flexibility index (Phi) is 10.8. The third-order valence-corrected chi connectivity index (χ3v) is 5.74. The van der Waals surface area contributed by atoms with Gasteiger partial charge in [-0.2, -0.15) is 0 Å². The van der Waals surface area contributed by atoms with Crippen molar-refractivity contribution in [2.45, 2.75) is 38.3 Å². The number of para-hydroxylation sites is 1. The highest BCUT2D eigenvalue weighted by Gasteiger charge is 2.27. The van der Waals surface area contributed by atoms with Crippen LogP contribution in [0.3, 0.4) is 0 Å². The van der Waals surface area contributed by atoms with Crippen LogP contribution in [-0.2, 0) is 14.4 Å². The minimum Gasteiger partial charge on any atom is -0.497 e. The van der Waals surface area contributed by atoms with Crippen molar-refractivity contribution in [3.63, 3.8) is 0 Å². The van der Waals surface area contributed by atoms with E-state index in [0.29, 0.717) is 37.5 Å². The second-order valence-electron chi connectivity index (χ2n) is 8.68. The van der Waals surface area contributed by atoms with Crippen LogP contribution in [0.2, 0.25) is 0 Å². The number of rotatable bonds is 7. The van der Waals surface area contributed by atoms with Crippen LogP contribution in [0, 0.1) is 0 Å². The molecule has 38 heavy (non-hydrogen) atoms. The van der Waals surface area contributed by atoms with Crippen LogP contribution in [0.4, 0.5) is 0 Å². The van der Waals surface area contributed by atoms with E-state index in [1.807, 2.05) is 0 Å². The van der Waals surface area contributed by atoms with Gasteiger partial charge in [-0.3, -0.25) is 19.2 Å². The average molecular weight is 527 g/mol. The summed E-state index contributed by atoms with van der Waals surface area (Å²) in [5.74, 6) is -0.239. The van der Waals surface area contributed by atoms with Crippen molar-refractivity contribution in [2.75, 3.05) is 33.4 Å². The molecule has 11 nitrogen and oxygen atoms in total. The molecule has 0 aromatic heterocycles. The highest BCUT2D eigenvalue weighted by Crippen LogP contribution is 2.19. The number of hydrogen-bond acceptors (Lipinski definition) is 7. The summed E-state index contributed by atoms with van der Waals surface area (Å²) in [6.45, 7) is 2.78. The molecule has 4 amide bonds. The fourth-order valence-corrected chi connectivity index (χ4v) is 3.66. The van der Waals surface area contributed by atoms with Crippen LogP contribution in [-0.4, -0.2) is 69.1 Å². The number of benzene rings is 2. The van der Waals surface area contributed by atoms with E-state index in [1.165, 1.54) is 0 Å². The number of carbonyl (C=O) groups excluding carboxylic acids is 4. The van der Waals surface area contributed by atoms with Gasteiger partial charge in [0.1, 0.15) is 29.3 Å². The molecule has 2 aromatic rings. The number of ether oxygens (including phenoxy) is 3. The van der Waals surface area contributed by atoms with E-state index in [9.17, 15) is 19.2 Å². The number of methoxy groups -OCH3 is 1. The van der Waals surface area contributed by atoms with Crippen LogP contribution >= 0.6 is 0 Å². The summed E-state index contributed by atoms with van der Waals surface area (Å²) in [7, 11) is 1.58. The second kappa shape index (κ2) is 14.5. The van der Waals surface area contributed by atoms with Gasteiger partial charge in [-0.25, -0.2) is 0 Å². The Balaban J connectivity index is 1.63. The zero-order chi connectivity index (χ0) is 27.3.